The molecule has 1 aliphatic carbocycles. The number of H-pyrrole nitrogens is 2. The molecule has 0 amide bonds. The number of nitrogens with zero attached hydrogens (tertiary/aromatic N) is 3. The predicted molar refractivity (Wildman–Crippen MR) is 102 cm³/mol. The van der Waals surface area contributed by atoms with Gasteiger partial charge in [-0.3, -0.25) is 14.6 Å². The zero-order valence-electron chi connectivity index (χ0n) is 14.5. The third-order valence-electron chi connectivity index (χ3n) is 4.28. The van der Waals surface area contributed by atoms with Gasteiger partial charge in [0, 0.05) is 24.2 Å². The SMILES string of the molecule is Cn1nc(-c2cc(Cl)c(Oc3cc(C4CC4)c(=O)[nH]n3)c(Cl)c2)c(=O)[nH]c1=O. The number of hydrogen-bond donors (Lipinski definition) is 2. The molecule has 3 aromatic rings. The average molecular weight is 422 g/mol. The fourth-order valence-electron chi connectivity index (χ4n) is 2.72. The van der Waals surface area contributed by atoms with Crippen LogP contribution in [-0.4, -0.2) is 25.0 Å². The summed E-state index contributed by atoms with van der Waals surface area (Å²) in [5.74, 6) is 0.482. The van der Waals surface area contributed by atoms with Crippen molar-refractivity contribution in [1.29, 1.82) is 0 Å². The Morgan fingerprint density at radius 1 is 1.11 bits per heavy atom. The fourth-order valence-corrected chi connectivity index (χ4v) is 3.28. The molecule has 4 rings (SSSR count). The lowest BCUT2D eigenvalue weighted by Gasteiger charge is -2.11. The summed E-state index contributed by atoms with van der Waals surface area (Å²) >= 11 is 12.6. The lowest BCUT2D eigenvalue weighted by molar-refractivity contribution is 0.453. The number of aromatic amines is 2. The fraction of sp³-hybridized carbons (Fsp3) is 0.235. The summed E-state index contributed by atoms with van der Waals surface area (Å²) in [5, 5.41) is 10.4. The van der Waals surface area contributed by atoms with E-state index in [1.165, 1.54) is 19.2 Å². The van der Waals surface area contributed by atoms with Gasteiger partial charge in [-0.15, -0.1) is 5.10 Å². The van der Waals surface area contributed by atoms with Crippen molar-refractivity contribution in [3.8, 4) is 22.9 Å². The number of aromatic nitrogens is 5. The first-order valence-electron chi connectivity index (χ1n) is 8.28. The minimum atomic E-state index is -0.666. The molecule has 1 aliphatic rings. The molecule has 0 bridgehead atoms. The highest BCUT2D eigenvalue weighted by Crippen LogP contribution is 2.41. The molecule has 0 atom stereocenters. The first-order chi connectivity index (χ1) is 13.3. The maximum absolute atomic E-state index is 12.0. The molecule has 144 valence electrons. The van der Waals surface area contributed by atoms with Gasteiger partial charge in [0.1, 0.15) is 0 Å². The molecule has 0 spiro atoms. The number of halogens is 2. The third kappa shape index (κ3) is 3.46. The Hall–Kier alpha value is -2.91. The molecule has 2 heterocycles. The Morgan fingerprint density at radius 2 is 1.79 bits per heavy atom. The molecule has 2 aromatic heterocycles. The molecule has 0 radical (unpaired) electrons. The molecule has 28 heavy (non-hydrogen) atoms. The van der Waals surface area contributed by atoms with Crippen LogP contribution >= 0.6 is 23.2 Å². The van der Waals surface area contributed by atoms with Crippen LogP contribution < -0.4 is 21.5 Å². The van der Waals surface area contributed by atoms with E-state index in [9.17, 15) is 14.4 Å². The Balaban J connectivity index is 1.72. The minimum Gasteiger partial charge on any atom is -0.434 e. The van der Waals surface area contributed by atoms with Crippen LogP contribution in [0.3, 0.4) is 0 Å². The van der Waals surface area contributed by atoms with Gasteiger partial charge in [0.05, 0.1) is 10.0 Å². The van der Waals surface area contributed by atoms with Crippen LogP contribution in [0.4, 0.5) is 0 Å². The second-order valence-corrected chi connectivity index (χ2v) is 7.18. The minimum absolute atomic E-state index is 0.0179. The largest absolute Gasteiger partial charge is 0.434 e. The molecule has 2 N–H and O–H groups in total. The summed E-state index contributed by atoms with van der Waals surface area (Å²) < 4.78 is 6.66. The summed E-state index contributed by atoms with van der Waals surface area (Å²) in [4.78, 5) is 37.5. The molecule has 11 heteroatoms. The summed E-state index contributed by atoms with van der Waals surface area (Å²) in [6, 6.07) is 4.45. The van der Waals surface area contributed by atoms with Crippen LogP contribution in [0.25, 0.3) is 11.3 Å². The van der Waals surface area contributed by atoms with Gasteiger partial charge >= 0.3 is 5.69 Å². The van der Waals surface area contributed by atoms with Gasteiger partial charge in [0.15, 0.2) is 11.4 Å². The number of ether oxygens (including phenoxy) is 1. The van der Waals surface area contributed by atoms with E-state index >= 15 is 0 Å². The smallest absolute Gasteiger partial charge is 0.344 e. The lowest BCUT2D eigenvalue weighted by atomic mass is 10.1. The van der Waals surface area contributed by atoms with E-state index in [0.29, 0.717) is 11.1 Å². The van der Waals surface area contributed by atoms with Crippen molar-refractivity contribution in [2.24, 2.45) is 7.05 Å². The van der Waals surface area contributed by atoms with Crippen LogP contribution in [-0.2, 0) is 7.05 Å². The van der Waals surface area contributed by atoms with Crippen LogP contribution in [0, 0.1) is 0 Å². The molecule has 0 unspecified atom stereocenters. The third-order valence-corrected chi connectivity index (χ3v) is 4.85. The first kappa shape index (κ1) is 18.5. The first-order valence-corrected chi connectivity index (χ1v) is 9.03. The van der Waals surface area contributed by atoms with Gasteiger partial charge in [-0.25, -0.2) is 14.6 Å². The van der Waals surface area contributed by atoms with Crippen molar-refractivity contribution < 1.29 is 4.74 Å². The van der Waals surface area contributed by atoms with Crippen molar-refractivity contribution >= 4 is 23.2 Å². The molecule has 0 saturated heterocycles. The maximum Gasteiger partial charge on any atom is 0.344 e. The van der Waals surface area contributed by atoms with Gasteiger partial charge in [0.25, 0.3) is 11.1 Å². The van der Waals surface area contributed by atoms with Crippen LogP contribution in [0.5, 0.6) is 11.6 Å². The lowest BCUT2D eigenvalue weighted by Crippen LogP contribution is -2.31. The Bertz CT molecular complexity index is 1240. The zero-order chi connectivity index (χ0) is 20.0. The highest BCUT2D eigenvalue weighted by atomic mass is 35.5. The quantitative estimate of drug-likeness (QED) is 0.665. The summed E-state index contributed by atoms with van der Waals surface area (Å²) in [6.45, 7) is 0. The van der Waals surface area contributed by atoms with Crippen molar-refractivity contribution in [3.05, 3.63) is 65.0 Å². The van der Waals surface area contributed by atoms with Crippen molar-refractivity contribution in [3.63, 3.8) is 0 Å². The highest BCUT2D eigenvalue weighted by Gasteiger charge is 2.27. The number of aryl methyl sites for hydroxylation is 1. The van der Waals surface area contributed by atoms with Crippen molar-refractivity contribution in [2.45, 2.75) is 18.8 Å². The summed E-state index contributed by atoms with van der Waals surface area (Å²) in [5.41, 5.74) is -0.651. The topological polar surface area (TPSA) is 123 Å². The van der Waals surface area contributed by atoms with E-state index in [4.69, 9.17) is 27.9 Å². The van der Waals surface area contributed by atoms with Crippen LogP contribution in [0.1, 0.15) is 24.3 Å². The standard InChI is InChI=1S/C17H13Cl2N5O4/c1-24-17(27)20-16(26)13(23-24)8-4-10(18)14(11(19)5-8)28-12-6-9(7-2-3-7)15(25)22-21-12/h4-7H,2-3H2,1H3,(H,22,25)(H,20,26,27). The van der Waals surface area contributed by atoms with Gasteiger partial charge in [0.2, 0.25) is 5.88 Å². The highest BCUT2D eigenvalue weighted by molar-refractivity contribution is 6.37. The van der Waals surface area contributed by atoms with Gasteiger partial charge in [-0.05, 0) is 30.9 Å². The van der Waals surface area contributed by atoms with Crippen molar-refractivity contribution in [1.82, 2.24) is 25.0 Å². The van der Waals surface area contributed by atoms with Crippen molar-refractivity contribution in [2.75, 3.05) is 0 Å². The average Bonchev–Trinajstić information content (AvgIpc) is 3.47. The van der Waals surface area contributed by atoms with Gasteiger partial charge in [-0.2, -0.15) is 5.10 Å². The molecule has 0 aliphatic heterocycles. The molecular weight excluding hydrogens is 409 g/mol. The van der Waals surface area contributed by atoms with Gasteiger partial charge < -0.3 is 4.74 Å². The predicted octanol–water partition coefficient (Wildman–Crippen LogP) is 2.20. The normalized spacial score (nSPS) is 13.5. The molecular formula is C17H13Cl2N5O4. The zero-order valence-corrected chi connectivity index (χ0v) is 16.0. The maximum atomic E-state index is 12.0. The van der Waals surface area contributed by atoms with E-state index in [1.54, 1.807) is 6.07 Å². The Morgan fingerprint density at radius 3 is 2.43 bits per heavy atom. The Labute approximate surface area is 166 Å². The summed E-state index contributed by atoms with van der Waals surface area (Å²) in [6.07, 6.45) is 1.90. The summed E-state index contributed by atoms with van der Waals surface area (Å²) in [7, 11) is 1.40. The van der Waals surface area contributed by atoms with E-state index in [2.05, 4.69) is 20.3 Å². The molecule has 9 nitrogen and oxygen atoms in total. The van der Waals surface area contributed by atoms with Gasteiger partial charge in [-0.1, -0.05) is 23.2 Å². The van der Waals surface area contributed by atoms with E-state index in [1.807, 2.05) is 0 Å². The van der Waals surface area contributed by atoms with Crippen LogP contribution in [0.2, 0.25) is 10.0 Å². The number of hydrogen-bond acceptors (Lipinski definition) is 6. The number of benzene rings is 1. The van der Waals surface area contributed by atoms with E-state index in [0.717, 1.165) is 17.5 Å². The Kier molecular flexibility index (Phi) is 4.56. The second-order valence-electron chi connectivity index (χ2n) is 6.37. The second kappa shape index (κ2) is 6.92. The number of rotatable bonds is 4. The number of nitrogens with one attached hydrogen (secondary N) is 2. The monoisotopic (exact) mass is 421 g/mol. The van der Waals surface area contributed by atoms with E-state index < -0.39 is 11.2 Å². The van der Waals surface area contributed by atoms with Crippen LogP contribution in [0.15, 0.2) is 32.6 Å². The van der Waals surface area contributed by atoms with E-state index in [-0.39, 0.29) is 38.8 Å². The molecule has 1 aromatic carbocycles. The molecule has 1 fully saturated rings. The molecule has 1 saturated carbocycles.